The summed E-state index contributed by atoms with van der Waals surface area (Å²) in [6, 6.07) is 10.9. The molecule has 2 unspecified atom stereocenters. The molecule has 4 rings (SSSR count). The summed E-state index contributed by atoms with van der Waals surface area (Å²) in [5, 5.41) is 9.53. The second-order valence-corrected chi connectivity index (χ2v) is 8.22. The molecule has 3 aliphatic rings. The van der Waals surface area contributed by atoms with Crippen molar-refractivity contribution in [2.75, 3.05) is 32.8 Å². The maximum Gasteiger partial charge on any atom is 0.407 e. The first kappa shape index (κ1) is 17.8. The van der Waals surface area contributed by atoms with Crippen LogP contribution in [0.25, 0.3) is 0 Å². The van der Waals surface area contributed by atoms with Crippen LogP contribution in [-0.2, 0) is 11.3 Å². The maximum atomic E-state index is 11.6. The lowest BCUT2D eigenvalue weighted by Gasteiger charge is -2.47. The fraction of sp³-hybridized carbons (Fsp3) is 0.667. The summed E-state index contributed by atoms with van der Waals surface area (Å²) in [5.74, 6) is 1.84. The van der Waals surface area contributed by atoms with Crippen molar-refractivity contribution in [1.82, 2.24) is 9.80 Å². The van der Waals surface area contributed by atoms with Gasteiger partial charge in [-0.25, -0.2) is 4.79 Å². The minimum Gasteiger partial charge on any atom is -0.465 e. The average molecular weight is 358 g/mol. The van der Waals surface area contributed by atoms with Gasteiger partial charge in [0.05, 0.1) is 13.2 Å². The first-order chi connectivity index (χ1) is 12.7. The van der Waals surface area contributed by atoms with Crippen LogP contribution >= 0.6 is 0 Å². The lowest BCUT2D eigenvalue weighted by Crippen LogP contribution is -2.55. The third kappa shape index (κ3) is 3.89. The fourth-order valence-electron chi connectivity index (χ4n) is 5.04. The van der Waals surface area contributed by atoms with Gasteiger partial charge in [0.1, 0.15) is 0 Å². The van der Waals surface area contributed by atoms with Crippen molar-refractivity contribution in [3.8, 4) is 0 Å². The third-order valence-corrected chi connectivity index (χ3v) is 6.69. The number of hydrogen-bond acceptors (Lipinski definition) is 3. The van der Waals surface area contributed by atoms with Crippen molar-refractivity contribution in [2.45, 2.75) is 38.3 Å². The first-order valence-corrected chi connectivity index (χ1v) is 10.0. The monoisotopic (exact) mass is 358 g/mol. The van der Waals surface area contributed by atoms with Crippen molar-refractivity contribution in [3.63, 3.8) is 0 Å². The largest absolute Gasteiger partial charge is 0.465 e. The first-order valence-electron chi connectivity index (χ1n) is 10.0. The normalized spacial score (nSPS) is 28.7. The van der Waals surface area contributed by atoms with Crippen LogP contribution < -0.4 is 0 Å². The number of nitrogens with zero attached hydrogens (tertiary/aromatic N) is 2. The lowest BCUT2D eigenvalue weighted by molar-refractivity contribution is -0.0868. The van der Waals surface area contributed by atoms with Gasteiger partial charge in [0.25, 0.3) is 0 Å². The highest BCUT2D eigenvalue weighted by Gasteiger charge is 2.41. The number of rotatable bonds is 4. The molecule has 1 aromatic rings. The number of benzene rings is 1. The van der Waals surface area contributed by atoms with Gasteiger partial charge in [-0.1, -0.05) is 30.3 Å². The molecule has 5 nitrogen and oxygen atoms in total. The summed E-state index contributed by atoms with van der Waals surface area (Å²) in [6.07, 6.45) is 3.80. The van der Waals surface area contributed by atoms with Gasteiger partial charge in [-0.05, 0) is 56.2 Å². The molecule has 0 aromatic heterocycles. The molecule has 0 spiro atoms. The molecule has 2 atom stereocenters. The van der Waals surface area contributed by atoms with Crippen molar-refractivity contribution in [2.24, 2.45) is 17.8 Å². The van der Waals surface area contributed by atoms with Crippen molar-refractivity contribution in [1.29, 1.82) is 0 Å². The van der Waals surface area contributed by atoms with Gasteiger partial charge in [-0.3, -0.25) is 4.90 Å². The zero-order chi connectivity index (χ0) is 17.9. The van der Waals surface area contributed by atoms with Crippen LogP contribution in [0.5, 0.6) is 0 Å². The van der Waals surface area contributed by atoms with Gasteiger partial charge in [0.15, 0.2) is 0 Å². The van der Waals surface area contributed by atoms with E-state index in [2.05, 4.69) is 35.2 Å². The highest BCUT2D eigenvalue weighted by Crippen LogP contribution is 2.38. The smallest absolute Gasteiger partial charge is 0.407 e. The van der Waals surface area contributed by atoms with Crippen LogP contribution in [0.15, 0.2) is 30.3 Å². The van der Waals surface area contributed by atoms with Gasteiger partial charge in [0.2, 0.25) is 0 Å². The van der Waals surface area contributed by atoms with Crippen LogP contribution in [0.2, 0.25) is 0 Å². The highest BCUT2D eigenvalue weighted by atomic mass is 16.5. The predicted molar refractivity (Wildman–Crippen MR) is 100.0 cm³/mol. The molecule has 3 fully saturated rings. The highest BCUT2D eigenvalue weighted by molar-refractivity contribution is 5.65. The summed E-state index contributed by atoms with van der Waals surface area (Å²) >= 11 is 0. The Labute approximate surface area is 155 Å². The van der Waals surface area contributed by atoms with E-state index in [9.17, 15) is 9.90 Å². The topological polar surface area (TPSA) is 53.0 Å². The number of carboxylic acid groups (broad SMARTS) is 1. The molecule has 3 saturated heterocycles. The number of likely N-dealkylation sites (tertiary alicyclic amines) is 2. The van der Waals surface area contributed by atoms with E-state index < -0.39 is 6.09 Å². The van der Waals surface area contributed by atoms with Gasteiger partial charge in [0, 0.05) is 25.0 Å². The summed E-state index contributed by atoms with van der Waals surface area (Å²) in [4.78, 5) is 15.8. The summed E-state index contributed by atoms with van der Waals surface area (Å²) in [5.41, 5.74) is 1.39. The number of hydrogen-bond donors (Lipinski definition) is 1. The predicted octanol–water partition coefficient (Wildman–Crippen LogP) is 3.30. The van der Waals surface area contributed by atoms with E-state index in [1.54, 1.807) is 4.90 Å². The zero-order valence-electron chi connectivity index (χ0n) is 15.4. The molecule has 3 heterocycles. The minimum absolute atomic E-state index is 0.169. The number of ether oxygens (including phenoxy) is 1. The maximum absolute atomic E-state index is 11.6. The van der Waals surface area contributed by atoms with E-state index in [0.717, 1.165) is 51.6 Å². The second kappa shape index (κ2) is 7.97. The molecule has 1 N–H and O–H groups in total. The summed E-state index contributed by atoms with van der Waals surface area (Å²) in [6.45, 7) is 5.54. The van der Waals surface area contributed by atoms with Crippen LogP contribution in [0, 0.1) is 17.8 Å². The minimum atomic E-state index is -0.752. The third-order valence-electron chi connectivity index (χ3n) is 6.69. The number of carbonyl (C=O) groups is 1. The molecule has 142 valence electrons. The fourth-order valence-corrected chi connectivity index (χ4v) is 5.04. The standard InChI is InChI=1S/C21H30N2O3/c24-21(25)23-11-8-18(12-20(23)19-14-26-15-19)17-6-9-22(10-7-17)13-16-4-2-1-3-5-16/h1-5,17-20H,6-15H2,(H,24,25). The van der Waals surface area contributed by atoms with Crippen LogP contribution in [0.4, 0.5) is 4.79 Å². The average Bonchev–Trinajstić information content (AvgIpc) is 2.61. The summed E-state index contributed by atoms with van der Waals surface area (Å²) < 4.78 is 5.34. The Hall–Kier alpha value is -1.59. The number of piperidine rings is 2. The van der Waals surface area contributed by atoms with E-state index in [1.165, 1.54) is 18.4 Å². The Balaban J connectivity index is 1.30. The van der Waals surface area contributed by atoms with Crippen molar-refractivity contribution >= 4 is 6.09 Å². The Morgan fingerprint density at radius 1 is 1.00 bits per heavy atom. The molecule has 0 saturated carbocycles. The molecule has 1 amide bonds. The van der Waals surface area contributed by atoms with Gasteiger partial charge in [-0.15, -0.1) is 0 Å². The SMILES string of the molecule is O=C(O)N1CCC(C2CCN(Cc3ccccc3)CC2)CC1C1COC1. The van der Waals surface area contributed by atoms with Crippen molar-refractivity contribution < 1.29 is 14.6 Å². The van der Waals surface area contributed by atoms with Gasteiger partial charge < -0.3 is 14.7 Å². The molecule has 5 heteroatoms. The molecule has 0 radical (unpaired) electrons. The zero-order valence-corrected chi connectivity index (χ0v) is 15.4. The van der Waals surface area contributed by atoms with E-state index in [-0.39, 0.29) is 6.04 Å². The summed E-state index contributed by atoms with van der Waals surface area (Å²) in [7, 11) is 0. The van der Waals surface area contributed by atoms with Crippen molar-refractivity contribution in [3.05, 3.63) is 35.9 Å². The van der Waals surface area contributed by atoms with Crippen LogP contribution in [0.1, 0.15) is 31.2 Å². The van der Waals surface area contributed by atoms with E-state index in [4.69, 9.17) is 4.74 Å². The lowest BCUT2D eigenvalue weighted by atomic mass is 9.74. The van der Waals surface area contributed by atoms with E-state index >= 15 is 0 Å². The Kier molecular flexibility index (Phi) is 5.46. The number of amides is 1. The second-order valence-electron chi connectivity index (χ2n) is 8.22. The van der Waals surface area contributed by atoms with E-state index in [0.29, 0.717) is 18.4 Å². The molecule has 0 bridgehead atoms. The molecule has 0 aliphatic carbocycles. The molecule has 1 aromatic carbocycles. The Morgan fingerprint density at radius 2 is 1.69 bits per heavy atom. The Bertz CT molecular complexity index is 597. The molecular formula is C21H30N2O3. The molecule has 26 heavy (non-hydrogen) atoms. The van der Waals surface area contributed by atoms with E-state index in [1.807, 2.05) is 0 Å². The Morgan fingerprint density at radius 3 is 2.31 bits per heavy atom. The van der Waals surface area contributed by atoms with Gasteiger partial charge in [-0.2, -0.15) is 0 Å². The van der Waals surface area contributed by atoms with Gasteiger partial charge >= 0.3 is 6.09 Å². The molecular weight excluding hydrogens is 328 g/mol. The molecule has 3 aliphatic heterocycles. The van der Waals surface area contributed by atoms with Crippen LogP contribution in [0.3, 0.4) is 0 Å². The van der Waals surface area contributed by atoms with Crippen LogP contribution in [-0.4, -0.2) is 59.9 Å². The quantitative estimate of drug-likeness (QED) is 0.897.